The van der Waals surface area contributed by atoms with Gasteiger partial charge in [-0.15, -0.1) is 0 Å². The number of benzene rings is 1. The van der Waals surface area contributed by atoms with Gasteiger partial charge in [0.05, 0.1) is 74.8 Å². The summed E-state index contributed by atoms with van der Waals surface area (Å²) in [7, 11) is -7.65. The Hall–Kier alpha value is -2.35. The maximum Gasteiger partial charge on any atom is 0.460 e. The van der Waals surface area contributed by atoms with Gasteiger partial charge < -0.3 is 60.3 Å². The molecule has 0 saturated carbocycles. The Balaban J connectivity index is 2.45. The smallest absolute Gasteiger partial charge is 0.394 e. The highest BCUT2D eigenvalue weighted by atomic mass is 127. The molecule has 4 amide bonds. The number of aliphatic hydroxyl groups excluding tert-OH is 8. The van der Waals surface area contributed by atoms with Gasteiger partial charge in [-0.1, -0.05) is 0 Å². The molecule has 1 heterocycles. The van der Waals surface area contributed by atoms with E-state index in [-0.39, 0.29) is 10.7 Å². The van der Waals surface area contributed by atoms with E-state index in [1.165, 1.54) is 67.8 Å². The van der Waals surface area contributed by atoms with Crippen molar-refractivity contribution in [1.29, 1.82) is 0 Å². The van der Waals surface area contributed by atoms with Crippen LogP contribution in [0, 0.1) is 10.7 Å². The van der Waals surface area contributed by atoms with Crippen LogP contribution < -0.4 is 5.32 Å². The zero-order chi connectivity index (χ0) is 60.2. The Morgan fingerprint density at radius 2 is 0.857 bits per heavy atom. The Kier molecular flexibility index (Phi) is 24.1. The van der Waals surface area contributed by atoms with Crippen molar-refractivity contribution >= 4 is 107 Å². The number of amides is 4. The van der Waals surface area contributed by atoms with E-state index in [1.807, 2.05) is 0 Å². The Morgan fingerprint density at radius 3 is 1.18 bits per heavy atom. The third-order valence-electron chi connectivity index (χ3n) is 10.5. The lowest BCUT2D eigenvalue weighted by molar-refractivity contribution is -0.458. The van der Waals surface area contributed by atoms with Crippen LogP contribution in [0.2, 0.25) is 0 Å². The summed E-state index contributed by atoms with van der Waals surface area (Å²) in [4.78, 5) is 56.3. The number of nitrogens with zero attached hydrogens (tertiary/aromatic N) is 5. The molecule has 2 rings (SSSR count). The standard InChI is InChI=1S/C36H40F17I3N5O15S/c37-29(38,31(41,42)33(45,46)35(49,50)51)30(39,40)32(43,44)34(47,48)36(52,53)77(74,75)61-3-1-58(2-4-61)20(71)14-76-13-19(70)57-26-24(55)21(27(72)59(5-15(66)9-62)6-16(67)10-63)23(54)22(25(26)56)28(73)60(7-17(68)11-64)8-18(69)12-65/h15-18,62-69H,1-14H2. The van der Waals surface area contributed by atoms with Gasteiger partial charge in [0, 0.05) is 55.9 Å². The number of carbonyl (C=O) groups is 4. The van der Waals surface area contributed by atoms with Crippen LogP contribution in [0.3, 0.4) is 0 Å². The summed E-state index contributed by atoms with van der Waals surface area (Å²) in [5.74, 6) is -57.8. The van der Waals surface area contributed by atoms with Gasteiger partial charge >= 0.3 is 47.0 Å². The second kappa shape index (κ2) is 26.3. The summed E-state index contributed by atoms with van der Waals surface area (Å²) < 4.78 is 263. The fraction of sp³-hybridized carbons (Fsp3) is 0.722. The van der Waals surface area contributed by atoms with Crippen LogP contribution >= 0.6 is 67.8 Å². The molecule has 41 heteroatoms. The number of hydrogen-bond donors (Lipinski definition) is 8. The SMILES string of the molecule is O=C(COCC(=O)N1CCN(S(=O)(=O)C(F)(F)C(F)(F)C(F)(F)C(F)(F)C(F)(F)C(F)(F)C(F)(F)C(F)(F)F)CC1)[N]c1c(I)c(C(=O)N(CC(O)CO)CC(O)CO)c(I)c(C(=O)N(CC(O)CO)CC(O)CO)c1I. The average molecular weight is 1520 g/mol. The van der Waals surface area contributed by atoms with E-state index < -0.39 is 218 Å². The Labute approximate surface area is 461 Å². The Bertz CT molecular complexity index is 2310. The van der Waals surface area contributed by atoms with Gasteiger partial charge in [-0.05, 0) is 67.8 Å². The van der Waals surface area contributed by atoms with Gasteiger partial charge in [0.15, 0.2) is 0 Å². The molecule has 0 spiro atoms. The second-order valence-corrected chi connectivity index (χ2v) is 21.3. The topological polar surface area (TPSA) is 301 Å². The molecule has 0 aliphatic carbocycles. The normalized spacial score (nSPS) is 16.7. The molecule has 0 aromatic heterocycles. The van der Waals surface area contributed by atoms with Crippen LogP contribution in [-0.2, 0) is 24.3 Å². The lowest BCUT2D eigenvalue weighted by Gasteiger charge is -2.43. The number of rotatable bonds is 27. The van der Waals surface area contributed by atoms with Gasteiger partial charge in [0.1, 0.15) is 13.2 Å². The monoisotopic (exact) mass is 1520 g/mol. The fourth-order valence-electron chi connectivity index (χ4n) is 6.30. The van der Waals surface area contributed by atoms with E-state index in [2.05, 4.69) is 5.32 Å². The van der Waals surface area contributed by atoms with Crippen molar-refractivity contribution in [2.45, 2.75) is 71.4 Å². The van der Waals surface area contributed by atoms with Crippen molar-refractivity contribution in [3.63, 3.8) is 0 Å². The van der Waals surface area contributed by atoms with E-state index in [1.54, 1.807) is 0 Å². The summed E-state index contributed by atoms with van der Waals surface area (Å²) in [6.07, 6.45) is -14.7. The van der Waals surface area contributed by atoms with Crippen LogP contribution in [0.15, 0.2) is 0 Å². The van der Waals surface area contributed by atoms with Gasteiger partial charge in [0.2, 0.25) is 5.91 Å². The quantitative estimate of drug-likeness (QED) is 0.0451. The minimum absolute atomic E-state index is 0.279. The first-order valence-electron chi connectivity index (χ1n) is 20.6. The molecule has 8 N–H and O–H groups in total. The van der Waals surface area contributed by atoms with Crippen molar-refractivity contribution in [2.24, 2.45) is 0 Å². The lowest BCUT2D eigenvalue weighted by atomic mass is 9.91. The molecular formula is C36H40F17I3N5O15S. The molecule has 1 radical (unpaired) electrons. The van der Waals surface area contributed by atoms with E-state index >= 15 is 0 Å². The highest BCUT2D eigenvalue weighted by molar-refractivity contribution is 14.1. The largest absolute Gasteiger partial charge is 0.460 e. The molecule has 4 atom stereocenters. The first kappa shape index (κ1) is 70.8. The van der Waals surface area contributed by atoms with Crippen molar-refractivity contribution in [3.05, 3.63) is 21.8 Å². The van der Waals surface area contributed by atoms with Crippen LogP contribution in [0.25, 0.3) is 0 Å². The highest BCUT2D eigenvalue weighted by Gasteiger charge is 2.96. The summed E-state index contributed by atoms with van der Waals surface area (Å²) in [6, 6.07) is 0. The number of aliphatic hydroxyl groups is 8. The summed E-state index contributed by atoms with van der Waals surface area (Å²) >= 11 is 4.40. The van der Waals surface area contributed by atoms with Crippen molar-refractivity contribution < 1.29 is 148 Å². The van der Waals surface area contributed by atoms with E-state index in [4.69, 9.17) is 4.74 Å². The maximum atomic E-state index is 14.8. The van der Waals surface area contributed by atoms with Crippen LogP contribution in [0.1, 0.15) is 20.7 Å². The number of hydrogen-bond acceptors (Lipinski definition) is 15. The van der Waals surface area contributed by atoms with E-state index in [0.717, 1.165) is 0 Å². The van der Waals surface area contributed by atoms with Gasteiger partial charge in [-0.3, -0.25) is 19.2 Å². The second-order valence-electron chi connectivity index (χ2n) is 16.1. The molecule has 1 fully saturated rings. The molecule has 0 bridgehead atoms. The molecule has 77 heavy (non-hydrogen) atoms. The third kappa shape index (κ3) is 14.1. The molecule has 20 nitrogen and oxygen atoms in total. The zero-order valence-corrected chi connectivity index (χ0v) is 45.1. The predicted molar refractivity (Wildman–Crippen MR) is 244 cm³/mol. The van der Waals surface area contributed by atoms with Gasteiger partial charge in [-0.2, -0.15) is 78.9 Å². The van der Waals surface area contributed by atoms with E-state index in [0.29, 0.717) is 14.7 Å². The number of piperazine rings is 1. The molecule has 1 aromatic carbocycles. The molecule has 1 aromatic rings. The molecule has 1 aliphatic rings. The number of halogens is 20. The predicted octanol–water partition coefficient (Wildman–Crippen LogP) is 1.02. The minimum Gasteiger partial charge on any atom is -0.394 e. The summed E-state index contributed by atoms with van der Waals surface area (Å²) in [5, 5.41) is 74.5. The first-order valence-corrected chi connectivity index (χ1v) is 25.2. The summed E-state index contributed by atoms with van der Waals surface area (Å²) in [5.41, 5.74) is -1.60. The lowest BCUT2D eigenvalue weighted by Crippen LogP contribution is -2.75. The van der Waals surface area contributed by atoms with E-state index in [9.17, 15) is 143 Å². The van der Waals surface area contributed by atoms with Crippen molar-refractivity contribution in [2.75, 3.05) is 92.0 Å². The molecule has 445 valence electrons. The molecule has 4 unspecified atom stereocenters. The zero-order valence-electron chi connectivity index (χ0n) is 37.8. The number of alkyl halides is 17. The summed E-state index contributed by atoms with van der Waals surface area (Å²) in [6.45, 7) is -15.3. The minimum atomic E-state index is -9.04. The van der Waals surface area contributed by atoms with Gasteiger partial charge in [0.25, 0.3) is 27.7 Å². The average Bonchev–Trinajstić information content (AvgIpc) is 3.33. The van der Waals surface area contributed by atoms with Crippen LogP contribution in [-0.4, -0.2) is 255 Å². The Morgan fingerprint density at radius 1 is 0.532 bits per heavy atom. The third-order valence-corrected chi connectivity index (χ3v) is 15.6. The maximum absolute atomic E-state index is 14.8. The van der Waals surface area contributed by atoms with Crippen molar-refractivity contribution in [3.8, 4) is 0 Å². The van der Waals surface area contributed by atoms with Crippen molar-refractivity contribution in [1.82, 2.24) is 24.3 Å². The highest BCUT2D eigenvalue weighted by Crippen LogP contribution is 2.64. The molecule has 1 saturated heterocycles. The first-order chi connectivity index (χ1) is 34.8. The molecule has 1 aliphatic heterocycles. The van der Waals surface area contributed by atoms with Crippen LogP contribution in [0.5, 0.6) is 0 Å². The molecular weight excluding hydrogens is 1480 g/mol. The number of carbonyl (C=O) groups excluding carboxylic acids is 4. The van der Waals surface area contributed by atoms with Gasteiger partial charge in [-0.25, -0.2) is 13.7 Å². The fourth-order valence-corrected chi connectivity index (χ4v) is 12.0. The number of sulfonamides is 1. The number of ether oxygens (including phenoxy) is 1. The van der Waals surface area contributed by atoms with Crippen LogP contribution in [0.4, 0.5) is 80.3 Å².